The van der Waals surface area contributed by atoms with E-state index in [0.29, 0.717) is 0 Å². The first-order chi connectivity index (χ1) is 8.32. The maximum Gasteiger partial charge on any atom is 0.326 e. The average molecular weight is 318 g/mol. The summed E-state index contributed by atoms with van der Waals surface area (Å²) in [5, 5.41) is 11.4. The maximum absolute atomic E-state index is 12.9. The third-order valence-electron chi connectivity index (χ3n) is 2.40. The van der Waals surface area contributed by atoms with E-state index in [0.717, 1.165) is 12.1 Å². The Balaban J connectivity index is 2.91. The number of aliphatic carboxylic acids is 1. The van der Waals surface area contributed by atoms with Gasteiger partial charge in [-0.05, 0) is 40.0 Å². The van der Waals surface area contributed by atoms with Gasteiger partial charge in [0.05, 0.1) is 5.56 Å². The van der Waals surface area contributed by atoms with Crippen LogP contribution in [0.4, 0.5) is 4.39 Å². The van der Waals surface area contributed by atoms with E-state index >= 15 is 0 Å². The first-order valence-corrected chi connectivity index (χ1v) is 6.11. The number of benzene rings is 1. The summed E-state index contributed by atoms with van der Waals surface area (Å²) in [7, 11) is 0. The largest absolute Gasteiger partial charge is 0.480 e. The van der Waals surface area contributed by atoms with E-state index in [1.54, 1.807) is 13.8 Å². The Morgan fingerprint density at radius 3 is 2.44 bits per heavy atom. The van der Waals surface area contributed by atoms with Crippen LogP contribution in [0.5, 0.6) is 0 Å². The molecule has 0 aliphatic carbocycles. The predicted molar refractivity (Wildman–Crippen MR) is 67.8 cm³/mol. The topological polar surface area (TPSA) is 66.4 Å². The number of carbonyl (C=O) groups excluding carboxylic acids is 1. The van der Waals surface area contributed by atoms with E-state index < -0.39 is 23.7 Å². The number of carbonyl (C=O) groups is 2. The molecule has 0 unspecified atom stereocenters. The third kappa shape index (κ3) is 3.53. The van der Waals surface area contributed by atoms with Crippen LogP contribution in [0.15, 0.2) is 22.7 Å². The molecule has 1 aromatic rings. The van der Waals surface area contributed by atoms with Crippen LogP contribution in [0.25, 0.3) is 0 Å². The second-order valence-corrected chi connectivity index (χ2v) is 5.01. The van der Waals surface area contributed by atoms with Crippen molar-refractivity contribution in [1.29, 1.82) is 0 Å². The van der Waals surface area contributed by atoms with Crippen molar-refractivity contribution in [3.8, 4) is 0 Å². The number of carboxylic acids is 1. The molecule has 4 nitrogen and oxygen atoms in total. The fourth-order valence-electron chi connectivity index (χ4n) is 1.41. The van der Waals surface area contributed by atoms with E-state index in [9.17, 15) is 14.0 Å². The average Bonchev–Trinajstić information content (AvgIpc) is 2.24. The minimum atomic E-state index is -1.10. The van der Waals surface area contributed by atoms with Gasteiger partial charge in [0.15, 0.2) is 0 Å². The molecule has 0 saturated heterocycles. The quantitative estimate of drug-likeness (QED) is 0.896. The number of amides is 1. The standard InChI is InChI=1S/C12H13BrFNO3/c1-6(2)10(12(17)18)15-11(16)8-4-3-7(14)5-9(8)13/h3-6,10H,1-2H3,(H,15,16)(H,17,18)/t10-/m1/s1. The summed E-state index contributed by atoms with van der Waals surface area (Å²) in [6, 6.07) is 2.62. The molecule has 0 aliphatic heterocycles. The fourth-order valence-corrected chi connectivity index (χ4v) is 1.94. The molecule has 0 heterocycles. The lowest BCUT2D eigenvalue weighted by Gasteiger charge is -2.18. The Hall–Kier alpha value is -1.43. The van der Waals surface area contributed by atoms with Crippen LogP contribution in [0.1, 0.15) is 24.2 Å². The molecule has 6 heteroatoms. The van der Waals surface area contributed by atoms with Crippen molar-refractivity contribution in [3.05, 3.63) is 34.1 Å². The van der Waals surface area contributed by atoms with E-state index in [1.807, 2.05) is 0 Å². The molecule has 1 rings (SSSR count). The van der Waals surface area contributed by atoms with Crippen molar-refractivity contribution < 1.29 is 19.1 Å². The van der Waals surface area contributed by atoms with Gasteiger partial charge in [0.25, 0.3) is 5.91 Å². The molecular weight excluding hydrogens is 305 g/mol. The van der Waals surface area contributed by atoms with Crippen LogP contribution in [-0.4, -0.2) is 23.0 Å². The van der Waals surface area contributed by atoms with Crippen LogP contribution in [0.2, 0.25) is 0 Å². The summed E-state index contributed by atoms with van der Waals surface area (Å²) >= 11 is 3.06. The van der Waals surface area contributed by atoms with Crippen molar-refractivity contribution in [3.63, 3.8) is 0 Å². The smallest absolute Gasteiger partial charge is 0.326 e. The normalized spacial score (nSPS) is 12.3. The SMILES string of the molecule is CC(C)[C@@H](NC(=O)c1ccc(F)cc1Br)C(=O)O. The molecule has 0 fully saturated rings. The van der Waals surface area contributed by atoms with Gasteiger partial charge >= 0.3 is 5.97 Å². The molecule has 18 heavy (non-hydrogen) atoms. The fraction of sp³-hybridized carbons (Fsp3) is 0.333. The molecule has 1 amide bonds. The number of halogens is 2. The Kier molecular flexibility index (Phi) is 4.84. The number of hydrogen-bond acceptors (Lipinski definition) is 2. The van der Waals surface area contributed by atoms with Gasteiger partial charge in [-0.25, -0.2) is 9.18 Å². The highest BCUT2D eigenvalue weighted by Gasteiger charge is 2.24. The summed E-state index contributed by atoms with van der Waals surface area (Å²) in [6.45, 7) is 3.39. The van der Waals surface area contributed by atoms with Crippen molar-refractivity contribution in [2.75, 3.05) is 0 Å². The number of carboxylic acid groups (broad SMARTS) is 1. The van der Waals surface area contributed by atoms with Gasteiger partial charge in [0.1, 0.15) is 11.9 Å². The van der Waals surface area contributed by atoms with Crippen LogP contribution in [-0.2, 0) is 4.79 Å². The lowest BCUT2D eigenvalue weighted by atomic mass is 10.0. The van der Waals surface area contributed by atoms with E-state index in [4.69, 9.17) is 5.11 Å². The zero-order chi connectivity index (χ0) is 13.9. The number of rotatable bonds is 4. The Labute approximate surface area is 112 Å². The lowest BCUT2D eigenvalue weighted by Crippen LogP contribution is -2.44. The van der Waals surface area contributed by atoms with Gasteiger partial charge in [-0.1, -0.05) is 13.8 Å². The van der Waals surface area contributed by atoms with Crippen LogP contribution < -0.4 is 5.32 Å². The highest BCUT2D eigenvalue weighted by Crippen LogP contribution is 2.18. The first kappa shape index (κ1) is 14.6. The lowest BCUT2D eigenvalue weighted by molar-refractivity contribution is -0.140. The van der Waals surface area contributed by atoms with Gasteiger partial charge in [0, 0.05) is 4.47 Å². The van der Waals surface area contributed by atoms with Crippen molar-refractivity contribution in [1.82, 2.24) is 5.32 Å². The van der Waals surface area contributed by atoms with E-state index in [1.165, 1.54) is 6.07 Å². The maximum atomic E-state index is 12.9. The molecule has 1 aromatic carbocycles. The summed E-state index contributed by atoms with van der Waals surface area (Å²) in [5.41, 5.74) is 0.198. The highest BCUT2D eigenvalue weighted by molar-refractivity contribution is 9.10. The monoisotopic (exact) mass is 317 g/mol. The zero-order valence-corrected chi connectivity index (χ0v) is 11.5. The molecular formula is C12H13BrFNO3. The first-order valence-electron chi connectivity index (χ1n) is 5.31. The molecule has 0 radical (unpaired) electrons. The number of nitrogens with one attached hydrogen (secondary N) is 1. The highest BCUT2D eigenvalue weighted by atomic mass is 79.9. The minimum Gasteiger partial charge on any atom is -0.480 e. The molecule has 0 saturated carbocycles. The van der Waals surface area contributed by atoms with Crippen molar-refractivity contribution in [2.45, 2.75) is 19.9 Å². The summed E-state index contributed by atoms with van der Waals surface area (Å²) in [4.78, 5) is 22.8. The second kappa shape index (κ2) is 5.95. The third-order valence-corrected chi connectivity index (χ3v) is 3.05. The van der Waals surface area contributed by atoms with Crippen molar-refractivity contribution >= 4 is 27.8 Å². The van der Waals surface area contributed by atoms with Gasteiger partial charge in [-0.15, -0.1) is 0 Å². The van der Waals surface area contributed by atoms with Crippen LogP contribution in [0, 0.1) is 11.7 Å². The Morgan fingerprint density at radius 2 is 2.00 bits per heavy atom. The summed E-state index contributed by atoms with van der Waals surface area (Å²) in [6.07, 6.45) is 0. The van der Waals surface area contributed by atoms with Gasteiger partial charge in [-0.2, -0.15) is 0 Å². The predicted octanol–water partition coefficient (Wildman–Crippen LogP) is 2.43. The Bertz CT molecular complexity index is 476. The molecule has 0 aliphatic rings. The Morgan fingerprint density at radius 1 is 1.39 bits per heavy atom. The molecule has 0 spiro atoms. The van der Waals surface area contributed by atoms with E-state index in [-0.39, 0.29) is 16.0 Å². The van der Waals surface area contributed by atoms with Crippen LogP contribution >= 0.6 is 15.9 Å². The van der Waals surface area contributed by atoms with Gasteiger partial charge in [-0.3, -0.25) is 4.79 Å². The molecule has 1 atom stereocenters. The van der Waals surface area contributed by atoms with Crippen molar-refractivity contribution in [2.24, 2.45) is 5.92 Å². The van der Waals surface area contributed by atoms with Gasteiger partial charge < -0.3 is 10.4 Å². The second-order valence-electron chi connectivity index (χ2n) is 4.16. The van der Waals surface area contributed by atoms with Gasteiger partial charge in [0.2, 0.25) is 0 Å². The summed E-state index contributed by atoms with van der Waals surface area (Å²) < 4.78 is 13.2. The summed E-state index contributed by atoms with van der Waals surface area (Å²) in [5.74, 6) is -2.37. The minimum absolute atomic E-state index is 0.198. The molecule has 98 valence electrons. The van der Waals surface area contributed by atoms with E-state index in [2.05, 4.69) is 21.2 Å². The number of hydrogen-bond donors (Lipinski definition) is 2. The van der Waals surface area contributed by atoms with Crippen LogP contribution in [0.3, 0.4) is 0 Å². The zero-order valence-electron chi connectivity index (χ0n) is 9.91. The molecule has 0 bridgehead atoms. The molecule has 2 N–H and O–H groups in total. The molecule has 0 aromatic heterocycles.